The molecule has 0 bridgehead atoms. The zero-order valence-electron chi connectivity index (χ0n) is 11.9. The van der Waals surface area contributed by atoms with Crippen molar-refractivity contribution in [2.24, 2.45) is 5.92 Å². The molecule has 0 fully saturated rings. The van der Waals surface area contributed by atoms with Crippen LogP contribution in [0.5, 0.6) is 0 Å². The minimum absolute atomic E-state index is 0.631. The molecular weight excluding hydrogens is 192 g/mol. The predicted molar refractivity (Wildman–Crippen MR) is 73.3 cm³/mol. The second kappa shape index (κ2) is 5.03. The van der Waals surface area contributed by atoms with Crippen LogP contribution in [-0.4, -0.2) is 0 Å². The first-order valence-electron chi connectivity index (χ1n) is 6.44. The summed E-state index contributed by atoms with van der Waals surface area (Å²) in [5, 5.41) is 0. The van der Waals surface area contributed by atoms with Crippen LogP contribution in [0.25, 0.3) is 0 Å². The fourth-order valence-electron chi connectivity index (χ4n) is 2.73. The summed E-state index contributed by atoms with van der Waals surface area (Å²) in [5.74, 6) is 1.37. The highest BCUT2D eigenvalue weighted by Gasteiger charge is 2.13. The molecule has 90 valence electrons. The zero-order chi connectivity index (χ0) is 12.5. The third-order valence-corrected chi connectivity index (χ3v) is 3.47. The first-order chi connectivity index (χ1) is 7.34. The van der Waals surface area contributed by atoms with E-state index in [-0.39, 0.29) is 0 Å². The van der Waals surface area contributed by atoms with E-state index in [9.17, 15) is 0 Å². The van der Waals surface area contributed by atoms with Crippen LogP contribution in [0.4, 0.5) is 0 Å². The molecule has 0 unspecified atom stereocenters. The lowest BCUT2D eigenvalue weighted by Gasteiger charge is -2.20. The minimum atomic E-state index is 0.631. The second-order valence-corrected chi connectivity index (χ2v) is 5.77. The molecule has 1 rings (SSSR count). The lowest BCUT2D eigenvalue weighted by Crippen LogP contribution is -2.05. The van der Waals surface area contributed by atoms with Gasteiger partial charge in [0.25, 0.3) is 0 Å². The van der Waals surface area contributed by atoms with Gasteiger partial charge in [0.05, 0.1) is 0 Å². The average molecular weight is 218 g/mol. The molecule has 0 atom stereocenters. The van der Waals surface area contributed by atoms with Crippen molar-refractivity contribution in [3.63, 3.8) is 0 Å². The summed E-state index contributed by atoms with van der Waals surface area (Å²) in [7, 11) is 0. The van der Waals surface area contributed by atoms with Crippen molar-refractivity contribution in [2.75, 3.05) is 0 Å². The molecule has 1 aromatic rings. The fraction of sp³-hybridized carbons (Fsp3) is 0.625. The smallest absolute Gasteiger partial charge is 0.0213 e. The van der Waals surface area contributed by atoms with Gasteiger partial charge >= 0.3 is 0 Å². The van der Waals surface area contributed by atoms with Gasteiger partial charge in [-0.2, -0.15) is 0 Å². The fourth-order valence-corrected chi connectivity index (χ4v) is 2.73. The number of hydrogen-bond donors (Lipinski definition) is 0. The number of hydrogen-bond acceptors (Lipinski definition) is 0. The number of aryl methyl sites for hydroxylation is 1. The zero-order valence-corrected chi connectivity index (χ0v) is 11.9. The van der Waals surface area contributed by atoms with Crippen LogP contribution in [0.2, 0.25) is 0 Å². The molecule has 16 heavy (non-hydrogen) atoms. The van der Waals surface area contributed by atoms with E-state index in [0.29, 0.717) is 5.92 Å². The quantitative estimate of drug-likeness (QED) is 0.674. The summed E-state index contributed by atoms with van der Waals surface area (Å²) in [4.78, 5) is 0. The Morgan fingerprint density at radius 3 is 1.94 bits per heavy atom. The van der Waals surface area contributed by atoms with Crippen molar-refractivity contribution in [3.05, 3.63) is 33.9 Å². The molecule has 0 aliphatic rings. The maximum atomic E-state index is 2.40. The topological polar surface area (TPSA) is 0 Å². The van der Waals surface area contributed by atoms with Gasteiger partial charge < -0.3 is 0 Å². The first-order valence-corrected chi connectivity index (χ1v) is 6.44. The summed E-state index contributed by atoms with van der Waals surface area (Å²) < 4.78 is 0. The van der Waals surface area contributed by atoms with Gasteiger partial charge in [0.15, 0.2) is 0 Å². The van der Waals surface area contributed by atoms with Crippen LogP contribution >= 0.6 is 0 Å². The summed E-state index contributed by atoms with van der Waals surface area (Å²) >= 11 is 0. The van der Waals surface area contributed by atoms with Gasteiger partial charge in [0, 0.05) is 0 Å². The monoisotopic (exact) mass is 218 g/mol. The van der Waals surface area contributed by atoms with Crippen LogP contribution < -0.4 is 0 Å². The third-order valence-electron chi connectivity index (χ3n) is 3.47. The van der Waals surface area contributed by atoms with Crippen molar-refractivity contribution in [1.29, 1.82) is 0 Å². The van der Waals surface area contributed by atoms with Crippen LogP contribution in [0.3, 0.4) is 0 Å². The number of rotatable bonds is 3. The minimum Gasteiger partial charge on any atom is -0.0625 e. The average Bonchev–Trinajstić information content (AvgIpc) is 2.12. The maximum Gasteiger partial charge on any atom is -0.0213 e. The normalized spacial score (nSPS) is 11.6. The van der Waals surface area contributed by atoms with Gasteiger partial charge in [-0.25, -0.2) is 0 Å². The number of benzene rings is 1. The highest BCUT2D eigenvalue weighted by Crippen LogP contribution is 2.29. The molecule has 0 nitrogen and oxygen atoms in total. The maximum absolute atomic E-state index is 2.40. The van der Waals surface area contributed by atoms with E-state index in [4.69, 9.17) is 0 Å². The molecule has 0 aromatic heterocycles. The Hall–Kier alpha value is -0.780. The van der Waals surface area contributed by atoms with Gasteiger partial charge in [0.1, 0.15) is 0 Å². The molecule has 0 N–H and O–H groups in total. The van der Waals surface area contributed by atoms with E-state index in [1.54, 1.807) is 5.56 Å². The Morgan fingerprint density at radius 1 is 0.938 bits per heavy atom. The van der Waals surface area contributed by atoms with Crippen LogP contribution in [0, 0.1) is 26.7 Å². The van der Waals surface area contributed by atoms with Crippen molar-refractivity contribution in [2.45, 2.75) is 60.8 Å². The summed E-state index contributed by atoms with van der Waals surface area (Å²) in [6.45, 7) is 16.0. The molecule has 1 aromatic carbocycles. The Balaban J connectivity index is 3.28. The Labute approximate surface area is 101 Å². The first kappa shape index (κ1) is 13.3. The largest absolute Gasteiger partial charge is 0.0625 e. The van der Waals surface area contributed by atoms with E-state index < -0.39 is 0 Å². The van der Waals surface area contributed by atoms with Crippen molar-refractivity contribution in [3.8, 4) is 0 Å². The highest BCUT2D eigenvalue weighted by molar-refractivity contribution is 5.46. The molecular formula is C16H26. The van der Waals surface area contributed by atoms with Crippen LogP contribution in [-0.2, 0) is 6.42 Å². The molecule has 0 heteroatoms. The van der Waals surface area contributed by atoms with E-state index >= 15 is 0 Å². The predicted octanol–water partition coefficient (Wildman–Crippen LogP) is 4.93. The van der Waals surface area contributed by atoms with E-state index in [1.807, 2.05) is 0 Å². The Bertz CT molecular complexity index is 370. The van der Waals surface area contributed by atoms with E-state index in [1.165, 1.54) is 28.7 Å². The molecule has 0 radical (unpaired) electrons. The lowest BCUT2D eigenvalue weighted by molar-refractivity contribution is 0.643. The molecule has 0 aliphatic carbocycles. The van der Waals surface area contributed by atoms with Gasteiger partial charge in [-0.3, -0.25) is 0 Å². The van der Waals surface area contributed by atoms with Crippen molar-refractivity contribution < 1.29 is 0 Å². The van der Waals surface area contributed by atoms with Gasteiger partial charge in [-0.05, 0) is 66.8 Å². The van der Waals surface area contributed by atoms with Crippen LogP contribution in [0.15, 0.2) is 6.07 Å². The summed E-state index contributed by atoms with van der Waals surface area (Å²) in [6.07, 6.45) is 1.20. The second-order valence-electron chi connectivity index (χ2n) is 5.77. The Morgan fingerprint density at radius 2 is 1.50 bits per heavy atom. The van der Waals surface area contributed by atoms with Gasteiger partial charge in [0.2, 0.25) is 0 Å². The molecule has 0 heterocycles. The van der Waals surface area contributed by atoms with Gasteiger partial charge in [-0.15, -0.1) is 0 Å². The molecule has 0 spiro atoms. The molecule has 0 saturated heterocycles. The SMILES string of the molecule is Cc1cc(CC(C)C)c(C)c(C)c1C(C)C. The Kier molecular flexibility index (Phi) is 4.18. The lowest BCUT2D eigenvalue weighted by atomic mass is 9.85. The molecule has 0 saturated carbocycles. The third kappa shape index (κ3) is 2.66. The highest BCUT2D eigenvalue weighted by atomic mass is 14.2. The standard InChI is InChI=1S/C16H26/c1-10(2)8-15-9-12(5)16(11(3)4)14(7)13(15)6/h9-11H,8H2,1-7H3. The van der Waals surface area contributed by atoms with Gasteiger partial charge in [-0.1, -0.05) is 33.8 Å². The molecule has 0 aliphatic heterocycles. The van der Waals surface area contributed by atoms with E-state index in [2.05, 4.69) is 54.5 Å². The summed E-state index contributed by atoms with van der Waals surface area (Å²) in [6, 6.07) is 2.40. The van der Waals surface area contributed by atoms with Crippen molar-refractivity contribution in [1.82, 2.24) is 0 Å². The summed E-state index contributed by atoms with van der Waals surface area (Å²) in [5.41, 5.74) is 7.56. The van der Waals surface area contributed by atoms with Crippen LogP contribution in [0.1, 0.15) is 61.4 Å². The van der Waals surface area contributed by atoms with Crippen molar-refractivity contribution >= 4 is 0 Å². The molecule has 0 amide bonds. The van der Waals surface area contributed by atoms with E-state index in [0.717, 1.165) is 5.92 Å².